The van der Waals surface area contributed by atoms with Crippen LogP contribution in [0, 0.1) is 0 Å². The van der Waals surface area contributed by atoms with Crippen LogP contribution in [0.5, 0.6) is 5.75 Å². The van der Waals surface area contributed by atoms with Gasteiger partial charge in [-0.05, 0) is 48.9 Å². The standard InChI is InChI=1S/C66H126O/c1-3-5-7-9-11-13-15-17-19-21-23-25-27-29-31-33-35-37-39-41-43-45-47-49-51-53-55-57-59-64-61-65(63-66(67)62-64)60-58-56-54-52-50-48-46-44-42-40-38-36-34-32-30-28-26-24-22-20-18-16-14-12-10-8-6-4-2/h61-63,67H,3-60H2,1-2H3. The zero-order valence-electron chi connectivity index (χ0n) is 46.7. The van der Waals surface area contributed by atoms with Gasteiger partial charge in [-0.25, -0.2) is 0 Å². The van der Waals surface area contributed by atoms with Crippen molar-refractivity contribution in [3.05, 3.63) is 29.3 Å². The number of hydrogen-bond donors (Lipinski definition) is 1. The summed E-state index contributed by atoms with van der Waals surface area (Å²) in [5.74, 6) is 0.480. The van der Waals surface area contributed by atoms with Gasteiger partial charge in [-0.2, -0.15) is 0 Å². The third-order valence-corrected chi connectivity index (χ3v) is 15.7. The summed E-state index contributed by atoms with van der Waals surface area (Å²) in [6.45, 7) is 4.62. The molecule has 0 heterocycles. The fraction of sp³-hybridized carbons (Fsp3) is 0.909. The Bertz CT molecular complexity index is 966. The number of phenolic OH excluding ortho intramolecular Hbond substituents is 1. The van der Waals surface area contributed by atoms with Gasteiger partial charge in [0, 0.05) is 0 Å². The molecular formula is C66H126O. The fourth-order valence-corrected chi connectivity index (χ4v) is 11.0. The topological polar surface area (TPSA) is 20.2 Å². The molecule has 0 aliphatic carbocycles. The minimum absolute atomic E-state index is 0.480. The van der Waals surface area contributed by atoms with Gasteiger partial charge in [-0.15, -0.1) is 0 Å². The highest BCUT2D eigenvalue weighted by atomic mass is 16.3. The molecule has 0 saturated carbocycles. The first-order chi connectivity index (χ1) is 33.3. The summed E-state index contributed by atoms with van der Waals surface area (Å²) in [5, 5.41) is 10.4. The van der Waals surface area contributed by atoms with Crippen LogP contribution in [0.15, 0.2) is 18.2 Å². The molecule has 0 fully saturated rings. The van der Waals surface area contributed by atoms with E-state index in [1.807, 2.05) is 12.1 Å². The van der Waals surface area contributed by atoms with Crippen molar-refractivity contribution in [2.45, 2.75) is 386 Å². The van der Waals surface area contributed by atoms with Gasteiger partial charge in [0.15, 0.2) is 0 Å². The van der Waals surface area contributed by atoms with Gasteiger partial charge in [0.05, 0.1) is 0 Å². The zero-order chi connectivity index (χ0) is 47.9. The Kier molecular flexibility index (Phi) is 53.5. The molecule has 0 bridgehead atoms. The second-order valence-electron chi connectivity index (χ2n) is 22.6. The van der Waals surface area contributed by atoms with E-state index in [2.05, 4.69) is 19.9 Å². The van der Waals surface area contributed by atoms with Crippen molar-refractivity contribution in [1.29, 1.82) is 0 Å². The Hall–Kier alpha value is -0.980. The van der Waals surface area contributed by atoms with Crippen LogP contribution in [-0.4, -0.2) is 5.11 Å². The summed E-state index contributed by atoms with van der Waals surface area (Å²) in [5.41, 5.74) is 2.70. The normalized spacial score (nSPS) is 11.7. The predicted octanol–water partition coefficient (Wildman–Crippen LogP) is 24.4. The minimum atomic E-state index is 0.480. The number of hydrogen-bond acceptors (Lipinski definition) is 1. The molecule has 0 amide bonds. The van der Waals surface area contributed by atoms with Crippen LogP contribution in [0.3, 0.4) is 0 Å². The smallest absolute Gasteiger partial charge is 0.116 e. The van der Waals surface area contributed by atoms with E-state index in [1.54, 1.807) is 0 Å². The Morgan fingerprint density at radius 3 is 0.478 bits per heavy atom. The minimum Gasteiger partial charge on any atom is -0.508 e. The lowest BCUT2D eigenvalue weighted by Crippen LogP contribution is -1.92. The fourth-order valence-electron chi connectivity index (χ4n) is 11.0. The molecular weight excluding hydrogens is 809 g/mol. The molecule has 1 aromatic rings. The Labute approximate surface area is 424 Å². The molecule has 1 N–H and O–H groups in total. The van der Waals surface area contributed by atoms with E-state index in [1.165, 1.54) is 371 Å². The molecule has 0 spiro atoms. The third-order valence-electron chi connectivity index (χ3n) is 15.7. The van der Waals surface area contributed by atoms with Crippen molar-refractivity contribution in [1.82, 2.24) is 0 Å². The maximum absolute atomic E-state index is 10.4. The molecule has 1 rings (SSSR count). The van der Waals surface area contributed by atoms with Crippen LogP contribution in [0.25, 0.3) is 0 Å². The monoisotopic (exact) mass is 935 g/mol. The molecule has 396 valence electrons. The van der Waals surface area contributed by atoms with Crippen LogP contribution in [0.2, 0.25) is 0 Å². The number of unbranched alkanes of at least 4 members (excludes halogenated alkanes) is 54. The van der Waals surface area contributed by atoms with Crippen LogP contribution < -0.4 is 0 Å². The van der Waals surface area contributed by atoms with Crippen LogP contribution in [0.1, 0.15) is 385 Å². The molecule has 1 nitrogen and oxygen atoms in total. The highest BCUT2D eigenvalue weighted by Gasteiger charge is 2.04. The van der Waals surface area contributed by atoms with Crippen molar-refractivity contribution >= 4 is 0 Å². The van der Waals surface area contributed by atoms with E-state index in [4.69, 9.17) is 0 Å². The molecule has 0 aromatic heterocycles. The second kappa shape index (κ2) is 55.9. The number of benzene rings is 1. The van der Waals surface area contributed by atoms with Gasteiger partial charge in [0.1, 0.15) is 5.75 Å². The van der Waals surface area contributed by atoms with Crippen LogP contribution >= 0.6 is 0 Å². The lowest BCUT2D eigenvalue weighted by molar-refractivity contribution is 0.473. The maximum atomic E-state index is 10.4. The SMILES string of the molecule is CCCCCCCCCCCCCCCCCCCCCCCCCCCCCCc1cc(O)cc(CCCCCCCCCCCCCCCCCCCCCCCCCCCCCC)c1. The predicted molar refractivity (Wildman–Crippen MR) is 305 cm³/mol. The molecule has 67 heavy (non-hydrogen) atoms. The Morgan fingerprint density at radius 2 is 0.328 bits per heavy atom. The second-order valence-corrected chi connectivity index (χ2v) is 22.6. The zero-order valence-corrected chi connectivity index (χ0v) is 46.7. The molecule has 1 aromatic carbocycles. The van der Waals surface area contributed by atoms with E-state index in [0.29, 0.717) is 5.75 Å². The molecule has 0 aliphatic heterocycles. The van der Waals surface area contributed by atoms with Gasteiger partial charge in [-0.3, -0.25) is 0 Å². The van der Waals surface area contributed by atoms with Gasteiger partial charge in [-0.1, -0.05) is 367 Å². The molecule has 1 heteroatoms. The first-order valence-electron chi connectivity index (χ1n) is 32.1. The highest BCUT2D eigenvalue weighted by molar-refractivity contribution is 5.33. The third kappa shape index (κ3) is 51.2. The Morgan fingerprint density at radius 1 is 0.194 bits per heavy atom. The lowest BCUT2D eigenvalue weighted by Gasteiger charge is -2.08. The van der Waals surface area contributed by atoms with Crippen LogP contribution in [0.4, 0.5) is 0 Å². The van der Waals surface area contributed by atoms with Crippen molar-refractivity contribution in [2.24, 2.45) is 0 Å². The average molecular weight is 936 g/mol. The van der Waals surface area contributed by atoms with Gasteiger partial charge in [0.25, 0.3) is 0 Å². The quantitative estimate of drug-likeness (QED) is 0.0646. The van der Waals surface area contributed by atoms with Gasteiger partial charge >= 0.3 is 0 Å². The summed E-state index contributed by atoms with van der Waals surface area (Å²) in [7, 11) is 0. The van der Waals surface area contributed by atoms with Crippen molar-refractivity contribution in [3.8, 4) is 5.75 Å². The van der Waals surface area contributed by atoms with E-state index in [-0.39, 0.29) is 0 Å². The van der Waals surface area contributed by atoms with Crippen molar-refractivity contribution < 1.29 is 5.11 Å². The first kappa shape index (κ1) is 64.0. The van der Waals surface area contributed by atoms with E-state index in [9.17, 15) is 5.11 Å². The number of aromatic hydroxyl groups is 1. The van der Waals surface area contributed by atoms with Crippen molar-refractivity contribution in [3.63, 3.8) is 0 Å². The van der Waals surface area contributed by atoms with Crippen molar-refractivity contribution in [2.75, 3.05) is 0 Å². The summed E-state index contributed by atoms with van der Waals surface area (Å²) >= 11 is 0. The number of aryl methyl sites for hydroxylation is 2. The summed E-state index contributed by atoms with van der Waals surface area (Å²) in [6, 6.07) is 6.43. The molecule has 0 aliphatic rings. The van der Waals surface area contributed by atoms with E-state index < -0.39 is 0 Å². The lowest BCUT2D eigenvalue weighted by atomic mass is 9.99. The van der Waals surface area contributed by atoms with Gasteiger partial charge in [0.2, 0.25) is 0 Å². The number of phenols is 1. The maximum Gasteiger partial charge on any atom is 0.116 e. The van der Waals surface area contributed by atoms with E-state index >= 15 is 0 Å². The highest BCUT2D eigenvalue weighted by Crippen LogP contribution is 2.22. The molecule has 0 atom stereocenters. The Balaban J connectivity index is 1.78. The summed E-state index contributed by atoms with van der Waals surface area (Å²) < 4.78 is 0. The van der Waals surface area contributed by atoms with E-state index in [0.717, 1.165) is 12.8 Å². The number of rotatable bonds is 58. The molecule has 0 saturated heterocycles. The van der Waals surface area contributed by atoms with Gasteiger partial charge < -0.3 is 5.11 Å². The average Bonchev–Trinajstić information content (AvgIpc) is 3.33. The molecule has 0 unspecified atom stereocenters. The summed E-state index contributed by atoms with van der Waals surface area (Å²) in [6.07, 6.45) is 83.4. The van der Waals surface area contributed by atoms with Crippen LogP contribution in [-0.2, 0) is 12.8 Å². The first-order valence-corrected chi connectivity index (χ1v) is 32.1. The summed E-state index contributed by atoms with van der Waals surface area (Å²) in [4.78, 5) is 0. The molecule has 0 radical (unpaired) electrons. The largest absolute Gasteiger partial charge is 0.508 e.